The van der Waals surface area contributed by atoms with Gasteiger partial charge in [-0.15, -0.1) is 11.3 Å². The molecule has 1 atom stereocenters. The summed E-state index contributed by atoms with van der Waals surface area (Å²) in [5, 5.41) is 4.00. The van der Waals surface area contributed by atoms with Crippen LogP contribution in [0.5, 0.6) is 0 Å². The number of hydrogen-bond acceptors (Lipinski definition) is 5. The number of pyridine rings is 1. The van der Waals surface area contributed by atoms with Crippen LogP contribution in [0.2, 0.25) is 0 Å². The number of carbonyl (C=O) groups excluding carboxylic acids is 2. The van der Waals surface area contributed by atoms with Gasteiger partial charge in [-0.3, -0.25) is 14.4 Å². The number of amides is 2. The molecule has 4 aromatic rings. The number of aromatic amines is 1. The summed E-state index contributed by atoms with van der Waals surface area (Å²) in [6.07, 6.45) is 4.20. The van der Waals surface area contributed by atoms with Gasteiger partial charge in [-0.2, -0.15) is 0 Å². The molecule has 0 saturated carbocycles. The fourth-order valence-corrected chi connectivity index (χ4v) is 5.32. The van der Waals surface area contributed by atoms with Crippen LogP contribution in [0, 0.1) is 0 Å². The van der Waals surface area contributed by atoms with Crippen molar-refractivity contribution in [1.29, 1.82) is 0 Å². The Kier molecular flexibility index (Phi) is 5.45. The van der Waals surface area contributed by atoms with E-state index in [0.29, 0.717) is 17.4 Å². The van der Waals surface area contributed by atoms with Crippen LogP contribution in [-0.4, -0.2) is 39.8 Å². The largest absolute Gasteiger partial charge is 0.360 e. The highest BCUT2D eigenvalue weighted by molar-refractivity contribution is 7.18. The summed E-state index contributed by atoms with van der Waals surface area (Å²) in [4.78, 5) is 47.9. The zero-order valence-electron chi connectivity index (χ0n) is 17.3. The van der Waals surface area contributed by atoms with Crippen molar-refractivity contribution in [2.45, 2.75) is 25.3 Å². The number of carbonyl (C=O) groups is 2. The number of nitrogens with zero attached hydrogens (tertiary/aromatic N) is 2. The summed E-state index contributed by atoms with van der Waals surface area (Å²) in [6.45, 7) is 0.471. The first-order chi connectivity index (χ1) is 15.6. The van der Waals surface area contributed by atoms with E-state index in [0.717, 1.165) is 34.5 Å². The lowest BCUT2D eigenvalue weighted by molar-refractivity contribution is -0.133. The summed E-state index contributed by atoms with van der Waals surface area (Å²) in [6, 6.07) is 14.9. The quantitative estimate of drug-likeness (QED) is 0.501. The van der Waals surface area contributed by atoms with E-state index in [2.05, 4.69) is 10.3 Å². The van der Waals surface area contributed by atoms with Gasteiger partial charge in [-0.1, -0.05) is 24.3 Å². The molecule has 3 heterocycles. The SMILES string of the molecule is O=C(NCC(=O)N1CCCCC1c1nc2ccccc2s1)c1c[nH]c2ccccc2c1=O. The monoisotopic (exact) mass is 446 g/mol. The fourth-order valence-electron chi connectivity index (χ4n) is 4.21. The Balaban J connectivity index is 1.32. The lowest BCUT2D eigenvalue weighted by Gasteiger charge is -2.34. The smallest absolute Gasteiger partial charge is 0.257 e. The number of thiazole rings is 1. The molecule has 2 aromatic carbocycles. The molecule has 2 aromatic heterocycles. The summed E-state index contributed by atoms with van der Waals surface area (Å²) in [5.74, 6) is -0.724. The third-order valence-electron chi connectivity index (χ3n) is 5.85. The van der Waals surface area contributed by atoms with Crippen LogP contribution in [0.1, 0.15) is 40.7 Å². The number of rotatable bonds is 4. The average Bonchev–Trinajstić information content (AvgIpc) is 3.27. The van der Waals surface area contributed by atoms with Gasteiger partial charge in [-0.25, -0.2) is 4.98 Å². The lowest BCUT2D eigenvalue weighted by Crippen LogP contribution is -2.44. The van der Waals surface area contributed by atoms with E-state index in [1.807, 2.05) is 35.2 Å². The van der Waals surface area contributed by atoms with Crippen molar-refractivity contribution >= 4 is 44.3 Å². The summed E-state index contributed by atoms with van der Waals surface area (Å²) in [7, 11) is 0. The molecule has 1 saturated heterocycles. The zero-order chi connectivity index (χ0) is 22.1. The topological polar surface area (TPSA) is 95.2 Å². The van der Waals surface area contributed by atoms with Crippen molar-refractivity contribution in [2.75, 3.05) is 13.1 Å². The van der Waals surface area contributed by atoms with Gasteiger partial charge in [0.25, 0.3) is 5.91 Å². The first kappa shape index (κ1) is 20.4. The summed E-state index contributed by atoms with van der Waals surface area (Å²) >= 11 is 1.61. The second kappa shape index (κ2) is 8.55. The number of hydrogen-bond donors (Lipinski definition) is 2. The van der Waals surface area contributed by atoms with Crippen LogP contribution >= 0.6 is 11.3 Å². The Morgan fingerprint density at radius 1 is 1.12 bits per heavy atom. The number of likely N-dealkylation sites (tertiary alicyclic amines) is 1. The van der Waals surface area contributed by atoms with Gasteiger partial charge in [-0.05, 0) is 43.5 Å². The maximum Gasteiger partial charge on any atom is 0.257 e. The third kappa shape index (κ3) is 3.78. The van der Waals surface area contributed by atoms with Crippen molar-refractivity contribution in [3.05, 3.63) is 75.5 Å². The fraction of sp³-hybridized carbons (Fsp3) is 0.250. The molecule has 32 heavy (non-hydrogen) atoms. The van der Waals surface area contributed by atoms with Gasteiger partial charge in [0.1, 0.15) is 10.6 Å². The van der Waals surface area contributed by atoms with Crippen molar-refractivity contribution in [3.63, 3.8) is 0 Å². The highest BCUT2D eigenvalue weighted by Crippen LogP contribution is 2.35. The zero-order valence-corrected chi connectivity index (χ0v) is 18.2. The molecule has 0 radical (unpaired) electrons. The Labute approximate surface area is 188 Å². The Morgan fingerprint density at radius 2 is 1.94 bits per heavy atom. The molecular weight excluding hydrogens is 424 g/mol. The molecule has 0 bridgehead atoms. The molecule has 7 nitrogen and oxygen atoms in total. The third-order valence-corrected chi connectivity index (χ3v) is 6.99. The number of benzene rings is 2. The van der Waals surface area contributed by atoms with Crippen LogP contribution in [0.15, 0.2) is 59.5 Å². The number of H-pyrrole nitrogens is 1. The number of nitrogens with one attached hydrogen (secondary N) is 2. The molecule has 5 rings (SSSR count). The predicted molar refractivity (Wildman–Crippen MR) is 125 cm³/mol. The number of para-hydroxylation sites is 2. The molecule has 1 unspecified atom stereocenters. The second-order valence-electron chi connectivity index (χ2n) is 7.88. The molecule has 2 N–H and O–H groups in total. The normalized spacial score (nSPS) is 16.4. The average molecular weight is 447 g/mol. The van der Waals surface area contributed by atoms with E-state index >= 15 is 0 Å². The second-order valence-corrected chi connectivity index (χ2v) is 8.94. The van der Waals surface area contributed by atoms with Crippen molar-refractivity contribution in [2.24, 2.45) is 0 Å². The molecule has 162 valence electrons. The molecule has 0 aliphatic carbocycles. The van der Waals surface area contributed by atoms with Crippen molar-refractivity contribution < 1.29 is 9.59 Å². The standard InChI is InChI=1S/C24H22N4O3S/c29-21(14-26-23(31)16-13-25-17-8-2-1-7-15(17)22(16)30)28-12-6-5-10-19(28)24-27-18-9-3-4-11-20(18)32-24/h1-4,7-9,11,13,19H,5-6,10,12,14H2,(H,25,30)(H,26,31). The first-order valence-corrected chi connectivity index (χ1v) is 11.5. The Bertz CT molecular complexity index is 1340. The van der Waals surface area contributed by atoms with Crippen LogP contribution < -0.4 is 10.7 Å². The molecule has 8 heteroatoms. The summed E-state index contributed by atoms with van der Waals surface area (Å²) in [5.41, 5.74) is 1.25. The molecule has 1 fully saturated rings. The van der Waals surface area contributed by atoms with Crippen molar-refractivity contribution in [3.8, 4) is 0 Å². The van der Waals surface area contributed by atoms with Crippen LogP contribution in [0.4, 0.5) is 0 Å². The van der Waals surface area contributed by atoms with E-state index in [1.54, 1.807) is 29.5 Å². The van der Waals surface area contributed by atoms with Crippen molar-refractivity contribution in [1.82, 2.24) is 20.2 Å². The molecule has 0 spiro atoms. The van der Waals surface area contributed by atoms with Gasteiger partial charge in [0.05, 0.1) is 22.8 Å². The first-order valence-electron chi connectivity index (χ1n) is 10.7. The predicted octanol–water partition coefficient (Wildman–Crippen LogP) is 3.62. The minimum absolute atomic E-state index is 0.00197. The Morgan fingerprint density at radius 3 is 2.81 bits per heavy atom. The molecular formula is C24H22N4O3S. The van der Waals surface area contributed by atoms with Crippen LogP contribution in [-0.2, 0) is 4.79 Å². The van der Waals surface area contributed by atoms with Crippen LogP contribution in [0.25, 0.3) is 21.1 Å². The van der Waals surface area contributed by atoms with E-state index in [-0.39, 0.29) is 29.5 Å². The molecule has 1 aliphatic rings. The minimum Gasteiger partial charge on any atom is -0.360 e. The van der Waals surface area contributed by atoms with E-state index < -0.39 is 5.91 Å². The summed E-state index contributed by atoms with van der Waals surface area (Å²) < 4.78 is 1.10. The van der Waals surface area contributed by atoms with Gasteiger partial charge < -0.3 is 15.2 Å². The van der Waals surface area contributed by atoms with Gasteiger partial charge >= 0.3 is 0 Å². The number of fused-ring (bicyclic) bond motifs is 2. The lowest BCUT2D eigenvalue weighted by atomic mass is 10.0. The van der Waals surface area contributed by atoms with Gasteiger partial charge in [0, 0.05) is 23.6 Å². The maximum absolute atomic E-state index is 13.0. The highest BCUT2D eigenvalue weighted by Gasteiger charge is 2.30. The van der Waals surface area contributed by atoms with E-state index in [9.17, 15) is 14.4 Å². The van der Waals surface area contributed by atoms with Gasteiger partial charge in [0.15, 0.2) is 0 Å². The number of piperidine rings is 1. The highest BCUT2D eigenvalue weighted by atomic mass is 32.1. The Hall–Kier alpha value is -3.52. The maximum atomic E-state index is 13.0. The van der Waals surface area contributed by atoms with E-state index in [1.165, 1.54) is 6.20 Å². The molecule has 1 aliphatic heterocycles. The molecule has 2 amide bonds. The van der Waals surface area contributed by atoms with E-state index in [4.69, 9.17) is 4.98 Å². The van der Waals surface area contributed by atoms with Crippen LogP contribution in [0.3, 0.4) is 0 Å². The van der Waals surface area contributed by atoms with Gasteiger partial charge in [0.2, 0.25) is 11.3 Å². The number of aromatic nitrogens is 2. The minimum atomic E-state index is -0.557.